The molecular weight excluding hydrogens is 628 g/mol. The zero-order chi connectivity index (χ0) is 34.6. The maximum atomic E-state index is 13.7. The Morgan fingerprint density at radius 3 is 1.69 bits per heavy atom. The number of hydrogen-bond acceptors (Lipinski definition) is 6. The number of carbonyl (C=O) groups is 3. The maximum absolute atomic E-state index is 13.7. The second-order valence-corrected chi connectivity index (χ2v) is 13.5. The molecular formula is C38H34N2O7S. The maximum Gasteiger partial charge on any atom is 0.339 e. The zero-order valence-electron chi connectivity index (χ0n) is 26.6. The quantitative estimate of drug-likeness (QED) is 0.149. The topological polar surface area (TPSA) is 132 Å². The molecule has 2 N–H and O–H groups in total. The standard InChI is InChI=1S/C38H34N2O7S/c1-25-4-19-34(20-5-25)48(46,47)39(3)24-37(43)40(33-18-21-35(38(44)45)36(42)22-33)23-27-6-8-29(9-7-27)31-14-16-32(17-15-31)30-12-10-28(11-13-30)26(2)41/h4-22,42H,23-24H2,1-3H3,(H,44,45). The molecule has 0 aliphatic carbocycles. The van der Waals surface area contributed by atoms with Gasteiger partial charge in [-0.2, -0.15) is 4.31 Å². The number of anilines is 1. The molecule has 5 aromatic rings. The van der Waals surface area contributed by atoms with Crippen LogP contribution in [0.1, 0.15) is 38.8 Å². The number of rotatable bonds is 11. The molecule has 0 heterocycles. The van der Waals surface area contributed by atoms with Gasteiger partial charge in [-0.05, 0) is 65.9 Å². The van der Waals surface area contributed by atoms with E-state index in [1.165, 1.54) is 49.2 Å². The van der Waals surface area contributed by atoms with Gasteiger partial charge in [0.1, 0.15) is 11.3 Å². The lowest BCUT2D eigenvalue weighted by Gasteiger charge is -2.26. The number of benzene rings is 5. The molecule has 48 heavy (non-hydrogen) atoms. The van der Waals surface area contributed by atoms with Crippen molar-refractivity contribution >= 4 is 33.4 Å². The van der Waals surface area contributed by atoms with Crippen LogP contribution in [0.4, 0.5) is 5.69 Å². The summed E-state index contributed by atoms with van der Waals surface area (Å²) in [6.45, 7) is 2.90. The first-order chi connectivity index (χ1) is 22.8. The van der Waals surface area contributed by atoms with Crippen LogP contribution in [-0.2, 0) is 21.4 Å². The highest BCUT2D eigenvalue weighted by Crippen LogP contribution is 2.29. The van der Waals surface area contributed by atoms with Gasteiger partial charge in [0, 0.05) is 24.4 Å². The van der Waals surface area contributed by atoms with Gasteiger partial charge in [0.25, 0.3) is 0 Å². The predicted octanol–water partition coefficient (Wildman–Crippen LogP) is 6.79. The number of aromatic hydroxyl groups is 1. The molecule has 0 aromatic heterocycles. The van der Waals surface area contributed by atoms with Crippen molar-refractivity contribution in [3.8, 4) is 28.0 Å². The first-order valence-corrected chi connectivity index (χ1v) is 16.5. The first kappa shape index (κ1) is 33.8. The van der Waals surface area contributed by atoms with E-state index in [-0.39, 0.29) is 28.5 Å². The lowest BCUT2D eigenvalue weighted by atomic mass is 9.98. The number of Topliss-reactive ketones (excluding diaryl/α,β-unsaturated/α-hetero) is 1. The van der Waals surface area contributed by atoms with Crippen LogP contribution in [0.3, 0.4) is 0 Å². The first-order valence-electron chi connectivity index (χ1n) is 15.0. The summed E-state index contributed by atoms with van der Waals surface area (Å²) in [6.07, 6.45) is 0. The van der Waals surface area contributed by atoms with Crippen molar-refractivity contribution in [3.63, 3.8) is 0 Å². The van der Waals surface area contributed by atoms with Crippen LogP contribution < -0.4 is 4.90 Å². The molecule has 9 nitrogen and oxygen atoms in total. The summed E-state index contributed by atoms with van der Waals surface area (Å²) in [5.74, 6) is -2.41. The second-order valence-electron chi connectivity index (χ2n) is 11.5. The highest BCUT2D eigenvalue weighted by molar-refractivity contribution is 7.89. The fourth-order valence-electron chi connectivity index (χ4n) is 5.18. The number of likely N-dealkylation sites (N-methyl/N-ethyl adjacent to an activating group) is 1. The van der Waals surface area contributed by atoms with E-state index in [2.05, 4.69) is 0 Å². The zero-order valence-corrected chi connectivity index (χ0v) is 27.4. The van der Waals surface area contributed by atoms with Gasteiger partial charge in [-0.25, -0.2) is 13.2 Å². The van der Waals surface area contributed by atoms with E-state index in [0.717, 1.165) is 37.7 Å². The summed E-state index contributed by atoms with van der Waals surface area (Å²) in [5, 5.41) is 19.8. The van der Waals surface area contributed by atoms with Crippen LogP contribution in [-0.4, -0.2) is 54.2 Å². The third-order valence-electron chi connectivity index (χ3n) is 8.05. The molecule has 0 spiro atoms. The van der Waals surface area contributed by atoms with Gasteiger partial charge in [0.05, 0.1) is 18.0 Å². The van der Waals surface area contributed by atoms with Crippen molar-refractivity contribution in [2.75, 3.05) is 18.5 Å². The number of carboxylic acid groups (broad SMARTS) is 1. The van der Waals surface area contributed by atoms with Crippen molar-refractivity contribution < 1.29 is 33.0 Å². The number of sulfonamides is 1. The molecule has 5 rings (SSSR count). The van der Waals surface area contributed by atoms with Gasteiger partial charge in [-0.3, -0.25) is 9.59 Å². The fraction of sp³-hybridized carbons (Fsp3) is 0.132. The van der Waals surface area contributed by atoms with E-state index >= 15 is 0 Å². The van der Waals surface area contributed by atoms with Crippen molar-refractivity contribution in [2.45, 2.75) is 25.3 Å². The SMILES string of the molecule is CC(=O)c1ccc(-c2ccc(-c3ccc(CN(C(=O)CN(C)S(=O)(=O)c4ccc(C)cc4)c4ccc(C(=O)O)c(O)c4)cc3)cc2)cc1. The van der Waals surface area contributed by atoms with Crippen molar-refractivity contribution in [2.24, 2.45) is 0 Å². The van der Waals surface area contributed by atoms with E-state index < -0.39 is 34.2 Å². The van der Waals surface area contributed by atoms with E-state index in [4.69, 9.17) is 0 Å². The molecule has 0 radical (unpaired) electrons. The van der Waals surface area contributed by atoms with Gasteiger partial charge in [0.2, 0.25) is 15.9 Å². The molecule has 5 aromatic carbocycles. The van der Waals surface area contributed by atoms with Gasteiger partial charge < -0.3 is 15.1 Å². The normalized spacial score (nSPS) is 11.3. The van der Waals surface area contributed by atoms with Gasteiger partial charge in [-0.1, -0.05) is 90.5 Å². The minimum absolute atomic E-state index is 0.0143. The highest BCUT2D eigenvalue weighted by atomic mass is 32.2. The van der Waals surface area contributed by atoms with Crippen LogP contribution in [0, 0.1) is 6.92 Å². The lowest BCUT2D eigenvalue weighted by Crippen LogP contribution is -2.41. The molecule has 0 saturated heterocycles. The number of aromatic carboxylic acids is 1. The van der Waals surface area contributed by atoms with Crippen LogP contribution >= 0.6 is 0 Å². The molecule has 0 saturated carbocycles. The number of carboxylic acids is 1. The van der Waals surface area contributed by atoms with Gasteiger partial charge >= 0.3 is 5.97 Å². The Balaban J connectivity index is 1.37. The number of amides is 1. The number of ketones is 1. The van der Waals surface area contributed by atoms with Crippen LogP contribution in [0.5, 0.6) is 5.75 Å². The van der Waals surface area contributed by atoms with E-state index in [1.54, 1.807) is 24.3 Å². The van der Waals surface area contributed by atoms with Crippen LogP contribution in [0.15, 0.2) is 120 Å². The second kappa shape index (κ2) is 14.0. The molecule has 0 aliphatic heterocycles. The van der Waals surface area contributed by atoms with Crippen LogP contribution in [0.25, 0.3) is 22.3 Å². The minimum atomic E-state index is -3.98. The smallest absolute Gasteiger partial charge is 0.339 e. The number of hydrogen-bond donors (Lipinski definition) is 2. The Morgan fingerprint density at radius 1 is 0.708 bits per heavy atom. The Labute approximate surface area is 279 Å². The van der Waals surface area contributed by atoms with E-state index in [1.807, 2.05) is 67.6 Å². The van der Waals surface area contributed by atoms with E-state index in [9.17, 15) is 33.0 Å². The predicted molar refractivity (Wildman–Crippen MR) is 185 cm³/mol. The number of phenols is 1. The van der Waals surface area contributed by atoms with E-state index in [0.29, 0.717) is 5.56 Å². The molecule has 1 amide bonds. The third kappa shape index (κ3) is 7.52. The minimum Gasteiger partial charge on any atom is -0.507 e. The Hall–Kier alpha value is -5.58. The van der Waals surface area contributed by atoms with Crippen molar-refractivity contribution in [3.05, 3.63) is 138 Å². The molecule has 0 fully saturated rings. The molecule has 0 aliphatic rings. The third-order valence-corrected chi connectivity index (χ3v) is 9.87. The number of nitrogens with zero attached hydrogens (tertiary/aromatic N) is 2. The molecule has 244 valence electrons. The van der Waals surface area contributed by atoms with Gasteiger partial charge in [-0.15, -0.1) is 0 Å². The Morgan fingerprint density at radius 2 is 1.21 bits per heavy atom. The molecule has 10 heteroatoms. The highest BCUT2D eigenvalue weighted by Gasteiger charge is 2.27. The Kier molecular flexibility index (Phi) is 9.88. The monoisotopic (exact) mass is 662 g/mol. The summed E-state index contributed by atoms with van der Waals surface area (Å²) < 4.78 is 27.4. The largest absolute Gasteiger partial charge is 0.507 e. The van der Waals surface area contributed by atoms with Crippen LogP contribution in [0.2, 0.25) is 0 Å². The lowest BCUT2D eigenvalue weighted by molar-refractivity contribution is -0.118. The molecule has 0 atom stereocenters. The summed E-state index contributed by atoms with van der Waals surface area (Å²) in [4.78, 5) is 38.2. The summed E-state index contributed by atoms with van der Waals surface area (Å²) in [6, 6.07) is 33.0. The summed E-state index contributed by atoms with van der Waals surface area (Å²) in [7, 11) is -2.67. The molecule has 0 bridgehead atoms. The van der Waals surface area contributed by atoms with Crippen molar-refractivity contribution in [1.29, 1.82) is 0 Å². The average Bonchev–Trinajstić information content (AvgIpc) is 3.07. The summed E-state index contributed by atoms with van der Waals surface area (Å²) in [5.41, 5.74) is 6.05. The fourth-order valence-corrected chi connectivity index (χ4v) is 6.30. The average molecular weight is 663 g/mol. The number of carbonyl (C=O) groups excluding carboxylic acids is 2. The van der Waals surface area contributed by atoms with Gasteiger partial charge in [0.15, 0.2) is 5.78 Å². The summed E-state index contributed by atoms with van der Waals surface area (Å²) >= 11 is 0. The molecule has 0 unspecified atom stereocenters. The Bertz CT molecular complexity index is 2070. The number of aryl methyl sites for hydroxylation is 1. The van der Waals surface area contributed by atoms with Crippen molar-refractivity contribution in [1.82, 2.24) is 4.31 Å².